The highest BCUT2D eigenvalue weighted by molar-refractivity contribution is 7.94. The van der Waals surface area contributed by atoms with Crippen LogP contribution in [-0.2, 0) is 21.1 Å². The molecule has 0 saturated heterocycles. The van der Waals surface area contributed by atoms with Gasteiger partial charge in [0.25, 0.3) is 0 Å². The highest BCUT2D eigenvalue weighted by atomic mass is 35.5. The molecule has 0 fully saturated rings. The van der Waals surface area contributed by atoms with E-state index in [-0.39, 0.29) is 25.9 Å². The van der Waals surface area contributed by atoms with E-state index in [1.807, 2.05) is 41.2 Å². The number of hydrogen-bond donors (Lipinski definition) is 1. The first-order valence-corrected chi connectivity index (χ1v) is 15.0. The number of carbonyl (C=O) groups is 1. The van der Waals surface area contributed by atoms with E-state index in [1.54, 1.807) is 12.1 Å². The van der Waals surface area contributed by atoms with Gasteiger partial charge in [-0.05, 0) is 71.9 Å². The van der Waals surface area contributed by atoms with Gasteiger partial charge in [0.2, 0.25) is 5.91 Å². The summed E-state index contributed by atoms with van der Waals surface area (Å²) in [5.74, 6) is -1.59. The Labute approximate surface area is 233 Å². The van der Waals surface area contributed by atoms with Crippen LogP contribution in [0.1, 0.15) is 24.1 Å². The van der Waals surface area contributed by atoms with Crippen LogP contribution in [0.25, 0.3) is 22.4 Å². The van der Waals surface area contributed by atoms with Crippen molar-refractivity contribution < 1.29 is 17.6 Å². The highest BCUT2D eigenvalue weighted by Gasteiger charge is 2.24. The first-order valence-electron chi connectivity index (χ1n) is 11.8. The second-order valence-corrected chi connectivity index (χ2v) is 13.1. The molecule has 1 N–H and O–H groups in total. The molecule has 38 heavy (non-hydrogen) atoms. The number of aromatic nitrogens is 2. The number of halogens is 3. The van der Waals surface area contributed by atoms with Crippen molar-refractivity contribution in [1.82, 2.24) is 15.1 Å². The minimum absolute atomic E-state index is 0.0373. The van der Waals surface area contributed by atoms with Gasteiger partial charge >= 0.3 is 0 Å². The SMILES string of the molecule is O=C(CS(=O)(=O)c1cc(Cl)c(Cl)s1)NC/C=C1\CCCc2cnn(-c3cccc(-c4ccc(F)cc4)c3)c21. The smallest absolute Gasteiger partial charge is 0.235 e. The summed E-state index contributed by atoms with van der Waals surface area (Å²) in [6.07, 6.45) is 6.40. The maximum atomic E-state index is 13.4. The number of thiophene rings is 1. The Kier molecular flexibility index (Phi) is 7.72. The van der Waals surface area contributed by atoms with Crippen LogP contribution in [0.3, 0.4) is 0 Å². The van der Waals surface area contributed by atoms with Crippen LogP contribution in [0.4, 0.5) is 4.39 Å². The Morgan fingerprint density at radius 2 is 1.89 bits per heavy atom. The van der Waals surface area contributed by atoms with E-state index in [0.29, 0.717) is 0 Å². The summed E-state index contributed by atoms with van der Waals surface area (Å²) in [5, 5.41) is 7.46. The molecule has 0 atom stereocenters. The summed E-state index contributed by atoms with van der Waals surface area (Å²) in [7, 11) is -3.85. The quantitative estimate of drug-likeness (QED) is 0.272. The van der Waals surface area contributed by atoms with Crippen molar-refractivity contribution in [2.24, 2.45) is 0 Å². The number of sulfone groups is 1. The normalized spacial score (nSPS) is 14.4. The lowest BCUT2D eigenvalue weighted by atomic mass is 9.92. The zero-order chi connectivity index (χ0) is 26.9. The van der Waals surface area contributed by atoms with Gasteiger partial charge in [-0.1, -0.05) is 53.5 Å². The fraction of sp³-hybridized carbons (Fsp3) is 0.185. The number of allylic oxidation sites excluding steroid dienone is 1. The molecule has 6 nitrogen and oxygen atoms in total. The minimum atomic E-state index is -3.85. The lowest BCUT2D eigenvalue weighted by Gasteiger charge is -2.18. The van der Waals surface area contributed by atoms with Crippen LogP contribution < -0.4 is 5.32 Å². The molecule has 1 aliphatic rings. The Bertz CT molecular complexity index is 1620. The molecule has 0 saturated carbocycles. The summed E-state index contributed by atoms with van der Waals surface area (Å²) in [4.78, 5) is 12.4. The Hall–Kier alpha value is -2.98. The molecule has 196 valence electrons. The number of nitrogens with zero attached hydrogens (tertiary/aromatic N) is 2. The van der Waals surface area contributed by atoms with Gasteiger partial charge < -0.3 is 5.32 Å². The Morgan fingerprint density at radius 3 is 2.63 bits per heavy atom. The molecule has 1 aliphatic carbocycles. The van der Waals surface area contributed by atoms with Crippen LogP contribution in [-0.4, -0.2) is 36.4 Å². The van der Waals surface area contributed by atoms with Crippen LogP contribution in [0.2, 0.25) is 9.36 Å². The van der Waals surface area contributed by atoms with Crippen molar-refractivity contribution in [3.05, 3.63) is 93.3 Å². The van der Waals surface area contributed by atoms with Crippen molar-refractivity contribution in [2.75, 3.05) is 12.3 Å². The van der Waals surface area contributed by atoms with Crippen LogP contribution in [0, 0.1) is 5.82 Å². The third kappa shape index (κ3) is 5.71. The molecule has 1 amide bonds. The van der Waals surface area contributed by atoms with Crippen molar-refractivity contribution >= 4 is 55.9 Å². The van der Waals surface area contributed by atoms with Crippen LogP contribution >= 0.6 is 34.5 Å². The number of benzene rings is 2. The molecule has 0 bridgehead atoms. The van der Waals surface area contributed by atoms with Crippen molar-refractivity contribution in [3.8, 4) is 16.8 Å². The average molecular weight is 591 g/mol. The van der Waals surface area contributed by atoms with E-state index >= 15 is 0 Å². The first-order chi connectivity index (χ1) is 18.2. The van der Waals surface area contributed by atoms with Gasteiger partial charge in [-0.3, -0.25) is 4.79 Å². The number of carbonyl (C=O) groups excluding carboxylic acids is 1. The fourth-order valence-electron chi connectivity index (χ4n) is 4.41. The van der Waals surface area contributed by atoms with Crippen LogP contribution in [0.15, 0.2) is 71.1 Å². The lowest BCUT2D eigenvalue weighted by Crippen LogP contribution is -2.30. The summed E-state index contributed by atoms with van der Waals surface area (Å²) in [6, 6.07) is 15.5. The predicted octanol–water partition coefficient (Wildman–Crippen LogP) is 6.36. The molecule has 0 radical (unpaired) electrons. The zero-order valence-electron chi connectivity index (χ0n) is 20.0. The van der Waals surface area contributed by atoms with E-state index in [0.717, 1.165) is 64.2 Å². The third-order valence-electron chi connectivity index (χ3n) is 6.21. The van der Waals surface area contributed by atoms with Gasteiger partial charge in [0.1, 0.15) is 20.1 Å². The average Bonchev–Trinajstić information content (AvgIpc) is 3.48. The molecule has 2 aromatic carbocycles. The highest BCUT2D eigenvalue weighted by Crippen LogP contribution is 2.35. The molecule has 4 aromatic rings. The lowest BCUT2D eigenvalue weighted by molar-refractivity contribution is -0.118. The van der Waals surface area contributed by atoms with Gasteiger partial charge in [-0.15, -0.1) is 11.3 Å². The van der Waals surface area contributed by atoms with Crippen molar-refractivity contribution in [3.63, 3.8) is 0 Å². The summed E-state index contributed by atoms with van der Waals surface area (Å²) in [6.45, 7) is 0.176. The molecular formula is C27H22Cl2FN3O3S2. The van der Waals surface area contributed by atoms with Crippen LogP contribution in [0.5, 0.6) is 0 Å². The summed E-state index contributed by atoms with van der Waals surface area (Å²) < 4.78 is 40.5. The summed E-state index contributed by atoms with van der Waals surface area (Å²) >= 11 is 12.6. The van der Waals surface area contributed by atoms with E-state index in [4.69, 9.17) is 23.2 Å². The molecule has 2 heterocycles. The van der Waals surface area contributed by atoms with Gasteiger partial charge in [0.15, 0.2) is 9.84 Å². The second-order valence-electron chi connectivity index (χ2n) is 8.82. The minimum Gasteiger partial charge on any atom is -0.352 e. The molecule has 5 rings (SSSR count). The fourth-order valence-corrected chi connectivity index (χ4v) is 7.54. The van der Waals surface area contributed by atoms with E-state index in [9.17, 15) is 17.6 Å². The van der Waals surface area contributed by atoms with Gasteiger partial charge in [0.05, 0.1) is 22.6 Å². The van der Waals surface area contributed by atoms with Gasteiger partial charge in [0, 0.05) is 6.54 Å². The van der Waals surface area contributed by atoms with Gasteiger partial charge in [-0.2, -0.15) is 5.10 Å². The monoisotopic (exact) mass is 589 g/mol. The maximum absolute atomic E-state index is 13.4. The molecule has 11 heteroatoms. The molecule has 2 aromatic heterocycles. The number of nitrogens with one attached hydrogen (secondary N) is 1. The summed E-state index contributed by atoms with van der Waals surface area (Å²) in [5.41, 5.74) is 5.80. The standard InChI is InChI=1S/C27H22Cl2FN3O3S2/c28-23-14-25(37-27(23)29)38(35,36)16-24(34)31-12-11-18-3-1-5-20-15-32-33(26(18)20)22-6-2-4-19(13-22)17-7-9-21(30)10-8-17/h2,4,6-11,13-15H,1,3,5,12,16H2,(H,31,34)/b18-11+. The molecule has 0 unspecified atom stereocenters. The Balaban J connectivity index is 1.33. The van der Waals surface area contributed by atoms with Gasteiger partial charge in [-0.25, -0.2) is 17.5 Å². The Morgan fingerprint density at radius 1 is 1.11 bits per heavy atom. The largest absolute Gasteiger partial charge is 0.352 e. The molecular weight excluding hydrogens is 568 g/mol. The third-order valence-corrected chi connectivity index (χ3v) is 10.3. The van der Waals surface area contributed by atoms with Crippen molar-refractivity contribution in [2.45, 2.75) is 23.5 Å². The second kappa shape index (κ2) is 11.0. The number of aryl methyl sites for hydroxylation is 1. The predicted molar refractivity (Wildman–Crippen MR) is 149 cm³/mol. The number of fused-ring (bicyclic) bond motifs is 1. The van der Waals surface area contributed by atoms with E-state index in [2.05, 4.69) is 10.4 Å². The molecule has 0 spiro atoms. The van der Waals surface area contributed by atoms with Crippen molar-refractivity contribution in [1.29, 1.82) is 0 Å². The zero-order valence-corrected chi connectivity index (χ0v) is 23.1. The number of amides is 1. The number of hydrogen-bond acceptors (Lipinski definition) is 5. The topological polar surface area (TPSA) is 81.1 Å². The van der Waals surface area contributed by atoms with E-state index < -0.39 is 21.5 Å². The molecule has 0 aliphatic heterocycles. The number of rotatable bonds is 7. The first kappa shape index (κ1) is 26.6. The maximum Gasteiger partial charge on any atom is 0.235 e. The van der Waals surface area contributed by atoms with E-state index in [1.165, 1.54) is 18.2 Å².